The second-order valence-electron chi connectivity index (χ2n) is 6.53. The average molecular weight is 306 g/mol. The third-order valence-electron chi connectivity index (χ3n) is 5.31. The Labute approximate surface area is 124 Å². The van der Waals surface area contributed by atoms with E-state index in [0.717, 1.165) is 19.3 Å². The van der Waals surface area contributed by atoms with Crippen LogP contribution in [0.1, 0.15) is 44.9 Å². The first-order chi connectivity index (χ1) is 9.84. The molecule has 2 saturated carbocycles. The van der Waals surface area contributed by atoms with Gasteiger partial charge in [-0.25, -0.2) is 0 Å². The van der Waals surface area contributed by atoms with Crippen molar-refractivity contribution in [2.45, 2.75) is 57.2 Å². The second-order valence-corrected chi connectivity index (χ2v) is 6.53. The Kier molecular flexibility index (Phi) is 5.17. The van der Waals surface area contributed by atoms with E-state index < -0.39 is 12.1 Å². The topological polar surface area (TPSA) is 46.3 Å². The molecule has 122 valence electrons. The van der Waals surface area contributed by atoms with Crippen LogP contribution in [0.15, 0.2) is 0 Å². The number of halogens is 3. The van der Waals surface area contributed by atoms with Crippen LogP contribution >= 0.6 is 0 Å². The first kappa shape index (κ1) is 16.6. The van der Waals surface area contributed by atoms with Gasteiger partial charge in [0.1, 0.15) is 0 Å². The van der Waals surface area contributed by atoms with Crippen LogP contribution in [0.3, 0.4) is 0 Å². The Bertz CT molecular complexity index is 364. The summed E-state index contributed by atoms with van der Waals surface area (Å²) < 4.78 is 38.0. The maximum absolute atomic E-state index is 12.7. The number of nitrogens with zero attached hydrogens (tertiary/aromatic N) is 1. The van der Waals surface area contributed by atoms with Crippen molar-refractivity contribution in [1.29, 1.82) is 0 Å². The van der Waals surface area contributed by atoms with Gasteiger partial charge in [0, 0.05) is 19.0 Å². The molecule has 21 heavy (non-hydrogen) atoms. The highest BCUT2D eigenvalue weighted by Gasteiger charge is 2.43. The van der Waals surface area contributed by atoms with Crippen LogP contribution in [-0.2, 0) is 4.79 Å². The molecule has 1 amide bonds. The molecule has 0 heterocycles. The fourth-order valence-electron chi connectivity index (χ4n) is 3.92. The van der Waals surface area contributed by atoms with Gasteiger partial charge in [0.25, 0.3) is 0 Å². The van der Waals surface area contributed by atoms with Crippen LogP contribution in [0.5, 0.6) is 0 Å². The summed E-state index contributed by atoms with van der Waals surface area (Å²) >= 11 is 0. The normalized spacial score (nSPS) is 34.0. The van der Waals surface area contributed by atoms with Crippen molar-refractivity contribution in [2.75, 3.05) is 13.6 Å². The quantitative estimate of drug-likeness (QED) is 0.871. The third kappa shape index (κ3) is 3.71. The van der Waals surface area contributed by atoms with Crippen molar-refractivity contribution < 1.29 is 18.0 Å². The van der Waals surface area contributed by atoms with Crippen LogP contribution in [0, 0.1) is 17.8 Å². The highest BCUT2D eigenvalue weighted by Crippen LogP contribution is 2.40. The van der Waals surface area contributed by atoms with Crippen LogP contribution in [-0.4, -0.2) is 36.6 Å². The van der Waals surface area contributed by atoms with Gasteiger partial charge in [-0.2, -0.15) is 13.2 Å². The van der Waals surface area contributed by atoms with Crippen LogP contribution in [0.4, 0.5) is 13.2 Å². The van der Waals surface area contributed by atoms with E-state index in [4.69, 9.17) is 5.73 Å². The van der Waals surface area contributed by atoms with E-state index in [-0.39, 0.29) is 30.7 Å². The van der Waals surface area contributed by atoms with E-state index >= 15 is 0 Å². The molecule has 0 bridgehead atoms. The monoisotopic (exact) mass is 306 g/mol. The molecule has 0 aromatic rings. The van der Waals surface area contributed by atoms with Gasteiger partial charge >= 0.3 is 6.18 Å². The molecular formula is C15H25F3N2O. The van der Waals surface area contributed by atoms with E-state index in [0.29, 0.717) is 25.3 Å². The van der Waals surface area contributed by atoms with Gasteiger partial charge in [-0.15, -0.1) is 0 Å². The summed E-state index contributed by atoms with van der Waals surface area (Å²) in [7, 11) is 1.79. The molecule has 2 rings (SSSR count). The molecule has 0 radical (unpaired) electrons. The van der Waals surface area contributed by atoms with Gasteiger partial charge in [0.15, 0.2) is 0 Å². The fourth-order valence-corrected chi connectivity index (χ4v) is 3.92. The largest absolute Gasteiger partial charge is 0.391 e. The number of hydrogen-bond donors (Lipinski definition) is 1. The fraction of sp³-hybridized carbons (Fsp3) is 0.933. The summed E-state index contributed by atoms with van der Waals surface area (Å²) in [5, 5.41) is 0. The Balaban J connectivity index is 1.89. The smallest absolute Gasteiger partial charge is 0.342 e. The molecule has 0 saturated heterocycles. The highest BCUT2D eigenvalue weighted by molar-refractivity contribution is 5.79. The maximum Gasteiger partial charge on any atom is 0.391 e. The van der Waals surface area contributed by atoms with Crippen molar-refractivity contribution in [1.82, 2.24) is 4.90 Å². The lowest BCUT2D eigenvalue weighted by atomic mass is 9.80. The molecule has 2 N–H and O–H groups in total. The number of rotatable bonds is 3. The molecule has 0 aromatic heterocycles. The number of nitrogens with two attached hydrogens (primary N) is 1. The average Bonchev–Trinajstić information content (AvgIpc) is 2.93. The minimum absolute atomic E-state index is 0.0148. The number of carbonyl (C=O) groups is 1. The molecule has 0 spiro atoms. The molecule has 2 fully saturated rings. The number of hydrogen-bond acceptors (Lipinski definition) is 2. The van der Waals surface area contributed by atoms with Crippen LogP contribution in [0.2, 0.25) is 0 Å². The lowest BCUT2D eigenvalue weighted by Crippen LogP contribution is -2.45. The number of alkyl halides is 3. The summed E-state index contributed by atoms with van der Waals surface area (Å²) in [5.74, 6) is -1.12. The molecule has 2 aliphatic rings. The van der Waals surface area contributed by atoms with Gasteiger partial charge in [0.2, 0.25) is 5.91 Å². The van der Waals surface area contributed by atoms with Crippen molar-refractivity contribution in [3.63, 3.8) is 0 Å². The molecule has 6 heteroatoms. The molecule has 2 unspecified atom stereocenters. The van der Waals surface area contributed by atoms with Crippen LogP contribution < -0.4 is 5.73 Å². The Morgan fingerprint density at radius 3 is 2.29 bits per heavy atom. The maximum atomic E-state index is 12.7. The number of amides is 1. The van der Waals surface area contributed by atoms with E-state index in [1.807, 2.05) is 0 Å². The van der Waals surface area contributed by atoms with E-state index in [1.165, 1.54) is 0 Å². The first-order valence-corrected chi connectivity index (χ1v) is 7.88. The minimum atomic E-state index is -4.12. The Hall–Kier alpha value is -0.780. The molecule has 2 aliphatic carbocycles. The van der Waals surface area contributed by atoms with Crippen molar-refractivity contribution in [2.24, 2.45) is 23.5 Å². The summed E-state index contributed by atoms with van der Waals surface area (Å²) in [5.41, 5.74) is 5.74. The molecule has 0 aliphatic heterocycles. The molecule has 0 aromatic carbocycles. The summed E-state index contributed by atoms with van der Waals surface area (Å²) in [6, 6.07) is 0.169. The van der Waals surface area contributed by atoms with Gasteiger partial charge in [-0.05, 0) is 51.0 Å². The SMILES string of the molecule is CN(C(=O)C1CCC(C(F)(F)F)CC1)C1CCCC1CN. The van der Waals surface area contributed by atoms with Gasteiger partial charge in [0.05, 0.1) is 5.92 Å². The standard InChI is InChI=1S/C15H25F3N2O/c1-20(13-4-2-3-11(13)9-19)14(21)10-5-7-12(8-6-10)15(16,17)18/h10-13H,2-9,19H2,1H3. The summed E-state index contributed by atoms with van der Waals surface area (Å²) in [6.07, 6.45) is -0.166. The lowest BCUT2D eigenvalue weighted by molar-refractivity contribution is -0.185. The van der Waals surface area contributed by atoms with Gasteiger partial charge < -0.3 is 10.6 Å². The minimum Gasteiger partial charge on any atom is -0.342 e. The third-order valence-corrected chi connectivity index (χ3v) is 5.31. The van der Waals surface area contributed by atoms with Crippen molar-refractivity contribution >= 4 is 5.91 Å². The van der Waals surface area contributed by atoms with Gasteiger partial charge in [-0.3, -0.25) is 4.79 Å². The second kappa shape index (κ2) is 6.55. The van der Waals surface area contributed by atoms with E-state index in [2.05, 4.69) is 0 Å². The zero-order valence-electron chi connectivity index (χ0n) is 12.5. The zero-order valence-corrected chi connectivity index (χ0v) is 12.5. The first-order valence-electron chi connectivity index (χ1n) is 7.88. The molecule has 2 atom stereocenters. The Morgan fingerprint density at radius 1 is 1.14 bits per heavy atom. The van der Waals surface area contributed by atoms with Crippen molar-refractivity contribution in [3.05, 3.63) is 0 Å². The predicted molar refractivity (Wildman–Crippen MR) is 74.5 cm³/mol. The molecular weight excluding hydrogens is 281 g/mol. The highest BCUT2D eigenvalue weighted by atomic mass is 19.4. The van der Waals surface area contributed by atoms with Crippen LogP contribution in [0.25, 0.3) is 0 Å². The molecule has 3 nitrogen and oxygen atoms in total. The van der Waals surface area contributed by atoms with E-state index in [9.17, 15) is 18.0 Å². The Morgan fingerprint density at radius 2 is 1.76 bits per heavy atom. The summed E-state index contributed by atoms with van der Waals surface area (Å²) in [4.78, 5) is 14.3. The van der Waals surface area contributed by atoms with Gasteiger partial charge in [-0.1, -0.05) is 6.42 Å². The van der Waals surface area contributed by atoms with Crippen molar-refractivity contribution in [3.8, 4) is 0 Å². The number of carbonyl (C=O) groups excluding carboxylic acids is 1. The summed E-state index contributed by atoms with van der Waals surface area (Å²) in [6.45, 7) is 0.573. The van der Waals surface area contributed by atoms with E-state index in [1.54, 1.807) is 11.9 Å². The lowest BCUT2D eigenvalue weighted by Gasteiger charge is -2.35. The zero-order chi connectivity index (χ0) is 15.6. The predicted octanol–water partition coefficient (Wildman–Crippen LogP) is 2.94.